The average molecular weight is 362 g/mol. The van der Waals surface area contributed by atoms with Crippen molar-refractivity contribution in [3.8, 4) is 5.88 Å². The summed E-state index contributed by atoms with van der Waals surface area (Å²) in [7, 11) is 0. The van der Waals surface area contributed by atoms with Gasteiger partial charge in [-0.2, -0.15) is 0 Å². The lowest BCUT2D eigenvalue weighted by Crippen LogP contribution is -2.26. The van der Waals surface area contributed by atoms with Gasteiger partial charge in [-0.1, -0.05) is 6.07 Å². The van der Waals surface area contributed by atoms with E-state index in [4.69, 9.17) is 4.74 Å². The molecule has 0 aromatic carbocycles. The minimum absolute atomic E-state index is 0.0664. The van der Waals surface area contributed by atoms with E-state index in [1.54, 1.807) is 6.20 Å². The summed E-state index contributed by atoms with van der Waals surface area (Å²) in [6.45, 7) is 3.54. The highest BCUT2D eigenvalue weighted by Gasteiger charge is 2.26. The van der Waals surface area contributed by atoms with Crippen LogP contribution in [0.3, 0.4) is 0 Å². The summed E-state index contributed by atoms with van der Waals surface area (Å²) >= 11 is 3.29. The van der Waals surface area contributed by atoms with Gasteiger partial charge in [-0.25, -0.2) is 9.97 Å². The van der Waals surface area contributed by atoms with Crippen LogP contribution in [-0.2, 0) is 0 Å². The Bertz CT molecular complexity index is 693. The third-order valence-electron chi connectivity index (χ3n) is 3.71. The summed E-state index contributed by atoms with van der Waals surface area (Å²) in [4.78, 5) is 21.8. The molecule has 2 aromatic rings. The number of rotatable bonds is 4. The molecule has 114 valence electrons. The van der Waals surface area contributed by atoms with E-state index >= 15 is 0 Å². The maximum atomic E-state index is 11.2. The fourth-order valence-corrected chi connectivity index (χ4v) is 2.92. The average Bonchev–Trinajstić information content (AvgIpc) is 2.98. The van der Waals surface area contributed by atoms with E-state index in [1.165, 1.54) is 0 Å². The minimum atomic E-state index is 0.0664. The van der Waals surface area contributed by atoms with Gasteiger partial charge in [0.25, 0.3) is 0 Å². The van der Waals surface area contributed by atoms with Crippen LogP contribution in [0.2, 0.25) is 0 Å². The summed E-state index contributed by atoms with van der Waals surface area (Å²) in [6.07, 6.45) is 3.48. The lowest BCUT2D eigenvalue weighted by atomic mass is 10.3. The molecule has 0 amide bonds. The summed E-state index contributed by atoms with van der Waals surface area (Å²) in [5.41, 5.74) is 2.32. The number of ether oxygens (including phenoxy) is 1. The number of hydrogen-bond donors (Lipinski definition) is 0. The summed E-state index contributed by atoms with van der Waals surface area (Å²) < 4.78 is 6.65. The van der Waals surface area contributed by atoms with Gasteiger partial charge >= 0.3 is 0 Å². The monoisotopic (exact) mass is 361 g/mol. The summed E-state index contributed by atoms with van der Waals surface area (Å²) in [5, 5.41) is 0. The number of hydrogen-bond acceptors (Lipinski definition) is 5. The third kappa shape index (κ3) is 3.11. The number of halogens is 1. The van der Waals surface area contributed by atoms with Crippen LogP contribution in [-0.4, -0.2) is 35.4 Å². The highest BCUT2D eigenvalue weighted by molar-refractivity contribution is 9.10. The van der Waals surface area contributed by atoms with Crippen molar-refractivity contribution < 1.29 is 9.53 Å². The van der Waals surface area contributed by atoms with E-state index in [0.717, 1.165) is 37.0 Å². The molecule has 5 nitrogen and oxygen atoms in total. The van der Waals surface area contributed by atoms with Gasteiger partial charge in [-0.3, -0.25) is 4.79 Å². The third-order valence-corrected chi connectivity index (χ3v) is 4.15. The Morgan fingerprint density at radius 2 is 2.27 bits per heavy atom. The molecular weight excluding hydrogens is 346 g/mol. The van der Waals surface area contributed by atoms with Crippen molar-refractivity contribution in [1.82, 2.24) is 9.97 Å². The zero-order valence-electron chi connectivity index (χ0n) is 12.2. The lowest BCUT2D eigenvalue weighted by molar-refractivity contribution is 0.111. The quantitative estimate of drug-likeness (QED) is 0.618. The van der Waals surface area contributed by atoms with E-state index < -0.39 is 0 Å². The molecule has 1 atom stereocenters. The van der Waals surface area contributed by atoms with Crippen LogP contribution in [0, 0.1) is 6.92 Å². The van der Waals surface area contributed by atoms with E-state index in [1.807, 2.05) is 31.2 Å². The van der Waals surface area contributed by atoms with Crippen molar-refractivity contribution in [1.29, 1.82) is 0 Å². The predicted octanol–water partition coefficient (Wildman–Crippen LogP) is 3.02. The standard InChI is InChI=1S/C16H16BrN3O2/c1-11-3-2-7-18-16(11)22-12-6-8-20(9-12)14-4-5-15(17)19-13(14)10-21/h2-5,7,10,12H,6,8-9H2,1H3. The Morgan fingerprint density at radius 3 is 3.05 bits per heavy atom. The number of carbonyl (C=O) groups is 1. The summed E-state index contributed by atoms with van der Waals surface area (Å²) in [5.74, 6) is 0.680. The van der Waals surface area contributed by atoms with Crippen molar-refractivity contribution in [2.24, 2.45) is 0 Å². The van der Waals surface area contributed by atoms with Crippen LogP contribution < -0.4 is 9.64 Å². The number of aromatic nitrogens is 2. The van der Waals surface area contributed by atoms with Crippen LogP contribution >= 0.6 is 15.9 Å². The zero-order valence-corrected chi connectivity index (χ0v) is 13.8. The van der Waals surface area contributed by atoms with Crippen LogP contribution in [0.4, 0.5) is 5.69 Å². The molecule has 0 spiro atoms. The molecule has 1 saturated heterocycles. The molecule has 1 aliphatic heterocycles. The Balaban J connectivity index is 1.73. The molecule has 2 aromatic heterocycles. The Kier molecular flexibility index (Phi) is 4.38. The molecule has 1 aliphatic rings. The first-order valence-electron chi connectivity index (χ1n) is 7.12. The van der Waals surface area contributed by atoms with Crippen LogP contribution in [0.5, 0.6) is 5.88 Å². The summed E-state index contributed by atoms with van der Waals surface area (Å²) in [6, 6.07) is 7.64. The second-order valence-electron chi connectivity index (χ2n) is 5.26. The Morgan fingerprint density at radius 1 is 1.41 bits per heavy atom. The van der Waals surface area contributed by atoms with Crippen LogP contribution in [0.15, 0.2) is 35.1 Å². The largest absolute Gasteiger partial charge is 0.472 e. The van der Waals surface area contributed by atoms with Crippen LogP contribution in [0.25, 0.3) is 0 Å². The van der Waals surface area contributed by atoms with Crippen molar-refractivity contribution >= 4 is 27.9 Å². The molecule has 0 aliphatic carbocycles. The van der Waals surface area contributed by atoms with Crippen molar-refractivity contribution in [3.05, 3.63) is 46.3 Å². The number of carbonyl (C=O) groups excluding carboxylic acids is 1. The van der Waals surface area contributed by atoms with Gasteiger partial charge in [0.15, 0.2) is 6.29 Å². The Hall–Kier alpha value is -1.95. The Labute approximate surface area is 137 Å². The minimum Gasteiger partial charge on any atom is -0.472 e. The van der Waals surface area contributed by atoms with E-state index in [0.29, 0.717) is 16.2 Å². The second-order valence-corrected chi connectivity index (χ2v) is 6.07. The maximum Gasteiger partial charge on any atom is 0.216 e. The first-order valence-corrected chi connectivity index (χ1v) is 7.91. The fourth-order valence-electron chi connectivity index (χ4n) is 2.59. The molecule has 3 heterocycles. The van der Waals surface area contributed by atoms with Crippen LogP contribution in [0.1, 0.15) is 22.5 Å². The van der Waals surface area contributed by atoms with E-state index in [-0.39, 0.29) is 6.10 Å². The van der Waals surface area contributed by atoms with E-state index in [2.05, 4.69) is 30.8 Å². The van der Waals surface area contributed by atoms with Crippen molar-refractivity contribution in [2.75, 3.05) is 18.0 Å². The molecular formula is C16H16BrN3O2. The molecule has 0 bridgehead atoms. The maximum absolute atomic E-state index is 11.2. The van der Waals surface area contributed by atoms with Gasteiger partial charge < -0.3 is 9.64 Å². The second kappa shape index (κ2) is 6.44. The highest BCUT2D eigenvalue weighted by atomic mass is 79.9. The molecule has 0 N–H and O–H groups in total. The smallest absolute Gasteiger partial charge is 0.216 e. The van der Waals surface area contributed by atoms with Crippen molar-refractivity contribution in [3.63, 3.8) is 0 Å². The number of nitrogens with zero attached hydrogens (tertiary/aromatic N) is 3. The van der Waals surface area contributed by atoms with Gasteiger partial charge in [-0.05, 0) is 41.1 Å². The van der Waals surface area contributed by atoms with Crippen molar-refractivity contribution in [2.45, 2.75) is 19.4 Å². The SMILES string of the molecule is Cc1cccnc1OC1CCN(c2ccc(Br)nc2C=O)C1. The fraction of sp³-hybridized carbons (Fsp3) is 0.312. The lowest BCUT2D eigenvalue weighted by Gasteiger charge is -2.20. The number of aldehydes is 1. The molecule has 6 heteroatoms. The van der Waals surface area contributed by atoms with Gasteiger partial charge in [0.05, 0.1) is 12.2 Å². The zero-order chi connectivity index (χ0) is 15.5. The normalized spacial score (nSPS) is 17.5. The topological polar surface area (TPSA) is 55.3 Å². The molecule has 0 radical (unpaired) electrons. The predicted molar refractivity (Wildman–Crippen MR) is 87.5 cm³/mol. The highest BCUT2D eigenvalue weighted by Crippen LogP contribution is 2.26. The number of aryl methyl sites for hydroxylation is 1. The molecule has 1 fully saturated rings. The number of pyridine rings is 2. The van der Waals surface area contributed by atoms with Gasteiger partial charge in [0.2, 0.25) is 5.88 Å². The van der Waals surface area contributed by atoms with Gasteiger partial charge in [0.1, 0.15) is 16.4 Å². The van der Waals surface area contributed by atoms with Gasteiger partial charge in [0, 0.05) is 24.7 Å². The van der Waals surface area contributed by atoms with E-state index in [9.17, 15) is 4.79 Å². The first-order chi connectivity index (χ1) is 10.7. The molecule has 1 unspecified atom stereocenters. The molecule has 3 rings (SSSR count). The first kappa shape index (κ1) is 15.0. The number of anilines is 1. The van der Waals surface area contributed by atoms with Gasteiger partial charge in [-0.15, -0.1) is 0 Å². The molecule has 22 heavy (non-hydrogen) atoms. The molecule has 0 saturated carbocycles.